The number of nitrogens with one attached hydrogen (secondary N) is 3. The Morgan fingerprint density at radius 2 is 1.85 bits per heavy atom. The van der Waals surface area contributed by atoms with Crippen LogP contribution < -0.4 is 10.6 Å². The maximum atomic E-state index is 12.8. The zero-order valence-corrected chi connectivity index (χ0v) is 19.2. The molecular weight excluding hydrogens is 450 g/mol. The molecule has 34 heavy (non-hydrogen) atoms. The van der Waals surface area contributed by atoms with Gasteiger partial charge in [0, 0.05) is 35.6 Å². The van der Waals surface area contributed by atoms with E-state index in [4.69, 9.17) is 11.6 Å². The van der Waals surface area contributed by atoms with E-state index in [0.29, 0.717) is 30.2 Å². The van der Waals surface area contributed by atoms with E-state index in [-0.39, 0.29) is 11.9 Å². The van der Waals surface area contributed by atoms with Crippen molar-refractivity contribution in [1.29, 1.82) is 0 Å². The van der Waals surface area contributed by atoms with Gasteiger partial charge in [-0.05, 0) is 53.4 Å². The lowest BCUT2D eigenvalue weighted by Crippen LogP contribution is -2.27. The predicted molar refractivity (Wildman–Crippen MR) is 132 cm³/mol. The van der Waals surface area contributed by atoms with Gasteiger partial charge in [-0.25, -0.2) is 4.79 Å². The quantitative estimate of drug-likeness (QED) is 0.374. The first-order valence-electron chi connectivity index (χ1n) is 11.2. The number of aromatic amines is 1. The molecule has 172 valence electrons. The number of carbonyl (C=O) groups excluding carboxylic acids is 2. The average molecular weight is 474 g/mol. The first-order chi connectivity index (χ1) is 16.5. The lowest BCUT2D eigenvalue weighted by molar-refractivity contribution is 0.0950. The van der Waals surface area contributed by atoms with Crippen molar-refractivity contribution < 1.29 is 9.59 Å². The maximum absolute atomic E-state index is 12.8. The smallest absolute Gasteiger partial charge is 0.317 e. The van der Waals surface area contributed by atoms with Gasteiger partial charge in [-0.2, -0.15) is 5.10 Å². The molecule has 0 bridgehead atoms. The number of amides is 3. The summed E-state index contributed by atoms with van der Waals surface area (Å²) in [6.45, 7) is 2.38. The van der Waals surface area contributed by atoms with E-state index >= 15 is 0 Å². The normalized spacial score (nSPS) is 13.3. The number of benzene rings is 3. The largest absolute Gasteiger partial charge is 0.346 e. The number of rotatable bonds is 7. The van der Waals surface area contributed by atoms with Gasteiger partial charge in [-0.1, -0.05) is 48.0 Å². The van der Waals surface area contributed by atoms with Gasteiger partial charge in [0.1, 0.15) is 0 Å². The Bertz CT molecular complexity index is 1350. The minimum absolute atomic E-state index is 0.0105. The number of fused-ring (bicyclic) bond motifs is 1. The molecule has 0 aliphatic carbocycles. The summed E-state index contributed by atoms with van der Waals surface area (Å²) < 4.78 is 0. The van der Waals surface area contributed by atoms with Crippen molar-refractivity contribution in [1.82, 2.24) is 25.7 Å². The van der Waals surface area contributed by atoms with Gasteiger partial charge in [-0.15, -0.1) is 0 Å². The summed E-state index contributed by atoms with van der Waals surface area (Å²) in [6.07, 6.45) is 0.718. The van der Waals surface area contributed by atoms with Crippen LogP contribution in [0.3, 0.4) is 0 Å². The molecule has 1 aliphatic heterocycles. The summed E-state index contributed by atoms with van der Waals surface area (Å²) in [5.74, 6) is -0.147. The molecule has 4 aromatic rings. The zero-order chi connectivity index (χ0) is 23.5. The van der Waals surface area contributed by atoms with Crippen molar-refractivity contribution in [2.75, 3.05) is 13.1 Å². The molecule has 0 radical (unpaired) electrons. The number of hydrogen-bond donors (Lipinski definition) is 3. The van der Waals surface area contributed by atoms with Crippen LogP contribution in [0.4, 0.5) is 4.79 Å². The molecule has 3 amide bonds. The van der Waals surface area contributed by atoms with Crippen LogP contribution in [-0.4, -0.2) is 40.1 Å². The Labute approximate surface area is 202 Å². The van der Waals surface area contributed by atoms with Gasteiger partial charge in [0.15, 0.2) is 0 Å². The fourth-order valence-electron chi connectivity index (χ4n) is 4.14. The van der Waals surface area contributed by atoms with Gasteiger partial charge in [-0.3, -0.25) is 9.89 Å². The fourth-order valence-corrected chi connectivity index (χ4v) is 4.32. The molecule has 0 saturated carbocycles. The number of aromatic nitrogens is 2. The molecule has 1 aromatic heterocycles. The molecule has 2 heterocycles. The molecule has 5 rings (SSSR count). The van der Waals surface area contributed by atoms with Crippen LogP contribution in [-0.2, 0) is 19.5 Å². The van der Waals surface area contributed by atoms with Crippen LogP contribution in [0.1, 0.15) is 32.7 Å². The minimum atomic E-state index is -0.147. The number of nitrogens with zero attached hydrogens (tertiary/aromatic N) is 2. The molecule has 1 fully saturated rings. The molecule has 3 N–H and O–H groups in total. The lowest BCUT2D eigenvalue weighted by Gasteiger charge is -2.14. The number of halogens is 1. The van der Waals surface area contributed by atoms with Crippen LogP contribution in [0.25, 0.3) is 10.9 Å². The SMILES string of the molecule is O=C(NCc1[nH]nc2ccc(Cl)cc12)c1cccc(Cc2ccc(CN3CCNC3=O)cc2)c1. The zero-order valence-electron chi connectivity index (χ0n) is 18.5. The third-order valence-electron chi connectivity index (χ3n) is 5.96. The van der Waals surface area contributed by atoms with Crippen molar-refractivity contribution in [3.63, 3.8) is 0 Å². The van der Waals surface area contributed by atoms with Gasteiger partial charge in [0.25, 0.3) is 5.91 Å². The highest BCUT2D eigenvalue weighted by molar-refractivity contribution is 6.31. The van der Waals surface area contributed by atoms with E-state index in [2.05, 4.69) is 45.1 Å². The molecule has 1 saturated heterocycles. The molecule has 1 aliphatic rings. The second-order valence-corrected chi connectivity index (χ2v) is 8.83. The van der Waals surface area contributed by atoms with Crippen molar-refractivity contribution in [3.05, 3.63) is 99.7 Å². The molecule has 0 atom stereocenters. The standard InChI is InChI=1S/C26H24ClN5O2/c27-21-8-9-23-22(14-21)24(31-30-23)15-29-25(33)20-3-1-2-19(13-20)12-17-4-6-18(7-5-17)16-32-11-10-28-26(32)34/h1-9,13-14H,10-12,15-16H2,(H,28,34)(H,29,33)(H,30,31). The van der Waals surface area contributed by atoms with E-state index in [1.807, 2.05) is 36.4 Å². The second-order valence-electron chi connectivity index (χ2n) is 8.39. The Morgan fingerprint density at radius 3 is 2.65 bits per heavy atom. The first kappa shape index (κ1) is 22.0. The average Bonchev–Trinajstić information content (AvgIpc) is 3.44. The molecule has 8 heteroatoms. The highest BCUT2D eigenvalue weighted by atomic mass is 35.5. The van der Waals surface area contributed by atoms with Gasteiger partial charge in [0.2, 0.25) is 0 Å². The maximum Gasteiger partial charge on any atom is 0.317 e. The number of urea groups is 1. The third kappa shape index (κ3) is 4.89. The third-order valence-corrected chi connectivity index (χ3v) is 6.19. The van der Waals surface area contributed by atoms with E-state index in [1.165, 1.54) is 0 Å². The van der Waals surface area contributed by atoms with Crippen molar-refractivity contribution in [2.45, 2.75) is 19.5 Å². The highest BCUT2D eigenvalue weighted by Crippen LogP contribution is 2.21. The lowest BCUT2D eigenvalue weighted by atomic mass is 10.0. The minimum Gasteiger partial charge on any atom is -0.346 e. The van der Waals surface area contributed by atoms with Gasteiger partial charge in [0.05, 0.1) is 17.8 Å². The summed E-state index contributed by atoms with van der Waals surface area (Å²) in [4.78, 5) is 26.3. The number of hydrogen-bond acceptors (Lipinski definition) is 3. The van der Waals surface area contributed by atoms with Crippen molar-refractivity contribution >= 4 is 34.4 Å². The summed E-state index contributed by atoms with van der Waals surface area (Å²) in [5.41, 5.74) is 5.53. The molecule has 3 aromatic carbocycles. The molecular formula is C26H24ClN5O2. The second kappa shape index (κ2) is 9.57. The van der Waals surface area contributed by atoms with Crippen LogP contribution in [0.15, 0.2) is 66.7 Å². The molecule has 7 nitrogen and oxygen atoms in total. The van der Waals surface area contributed by atoms with Crippen molar-refractivity contribution in [3.8, 4) is 0 Å². The Balaban J connectivity index is 1.21. The van der Waals surface area contributed by atoms with Crippen LogP contribution in [0.2, 0.25) is 5.02 Å². The highest BCUT2D eigenvalue weighted by Gasteiger charge is 2.19. The Hall–Kier alpha value is -3.84. The van der Waals surface area contributed by atoms with Gasteiger partial charge < -0.3 is 15.5 Å². The van der Waals surface area contributed by atoms with Gasteiger partial charge >= 0.3 is 6.03 Å². The summed E-state index contributed by atoms with van der Waals surface area (Å²) in [7, 11) is 0. The van der Waals surface area contributed by atoms with Crippen LogP contribution >= 0.6 is 11.6 Å². The van der Waals surface area contributed by atoms with E-state index < -0.39 is 0 Å². The summed E-state index contributed by atoms with van der Waals surface area (Å²) in [6, 6.07) is 21.4. The number of carbonyl (C=O) groups is 2. The topological polar surface area (TPSA) is 90.1 Å². The summed E-state index contributed by atoms with van der Waals surface area (Å²) in [5, 5.41) is 14.5. The first-order valence-corrected chi connectivity index (χ1v) is 11.5. The number of H-pyrrole nitrogens is 1. The van der Waals surface area contributed by atoms with Crippen LogP contribution in [0, 0.1) is 0 Å². The van der Waals surface area contributed by atoms with E-state index in [1.54, 1.807) is 11.0 Å². The predicted octanol–water partition coefficient (Wildman–Crippen LogP) is 4.26. The van der Waals surface area contributed by atoms with E-state index in [0.717, 1.165) is 46.3 Å². The van der Waals surface area contributed by atoms with Crippen LogP contribution in [0.5, 0.6) is 0 Å². The molecule has 0 unspecified atom stereocenters. The van der Waals surface area contributed by atoms with Crippen molar-refractivity contribution in [2.24, 2.45) is 0 Å². The molecule has 0 spiro atoms. The Kier molecular flexibility index (Phi) is 6.18. The monoisotopic (exact) mass is 473 g/mol. The van der Waals surface area contributed by atoms with E-state index in [9.17, 15) is 9.59 Å². The summed E-state index contributed by atoms with van der Waals surface area (Å²) >= 11 is 6.10. The Morgan fingerprint density at radius 1 is 1.03 bits per heavy atom. The fraction of sp³-hybridized carbons (Fsp3) is 0.192.